The molecule has 1 N–H and O–H groups in total. The van der Waals surface area contributed by atoms with E-state index < -0.39 is 5.69 Å². The Morgan fingerprint density at radius 3 is 2.61 bits per heavy atom. The summed E-state index contributed by atoms with van der Waals surface area (Å²) in [4.78, 5) is 36.3. The Morgan fingerprint density at radius 2 is 2.00 bits per heavy atom. The summed E-state index contributed by atoms with van der Waals surface area (Å²) >= 11 is 1.15. The van der Waals surface area contributed by atoms with Crippen LogP contribution in [0.25, 0.3) is 10.2 Å². The van der Waals surface area contributed by atoms with Crippen molar-refractivity contribution in [2.45, 2.75) is 6.92 Å². The van der Waals surface area contributed by atoms with Crippen LogP contribution in [0.3, 0.4) is 0 Å². The van der Waals surface area contributed by atoms with Gasteiger partial charge >= 0.3 is 5.69 Å². The minimum Gasteiger partial charge on any atom is -0.352 e. The Bertz CT molecular complexity index is 738. The molecule has 96 valence electrons. The molecule has 1 amide bonds. The molecule has 0 aliphatic carbocycles. The van der Waals surface area contributed by atoms with Crippen LogP contribution in [0.15, 0.2) is 15.7 Å². The van der Waals surface area contributed by atoms with E-state index in [9.17, 15) is 14.4 Å². The van der Waals surface area contributed by atoms with Gasteiger partial charge < -0.3 is 5.32 Å². The van der Waals surface area contributed by atoms with Crippen LogP contribution in [0.1, 0.15) is 16.6 Å². The van der Waals surface area contributed by atoms with Crippen molar-refractivity contribution >= 4 is 27.5 Å². The molecule has 6 nitrogen and oxygen atoms in total. The lowest BCUT2D eigenvalue weighted by molar-refractivity contribution is 0.0960. The Morgan fingerprint density at radius 1 is 1.33 bits per heavy atom. The zero-order valence-electron chi connectivity index (χ0n) is 10.3. The summed E-state index contributed by atoms with van der Waals surface area (Å²) in [5.74, 6) is -0.229. The number of fused-ring (bicyclic) bond motifs is 1. The second-order valence-corrected chi connectivity index (χ2v) is 4.93. The first-order valence-electron chi connectivity index (χ1n) is 5.45. The second-order valence-electron chi connectivity index (χ2n) is 3.89. The molecule has 0 bridgehead atoms. The second kappa shape index (κ2) is 4.41. The summed E-state index contributed by atoms with van der Waals surface area (Å²) in [5, 5.41) is 3.06. The van der Waals surface area contributed by atoms with E-state index >= 15 is 0 Å². The Labute approximate surface area is 106 Å². The molecule has 0 saturated heterocycles. The average molecular weight is 267 g/mol. The summed E-state index contributed by atoms with van der Waals surface area (Å²) in [6.07, 6.45) is 0. The normalized spacial score (nSPS) is 10.8. The summed E-state index contributed by atoms with van der Waals surface area (Å²) in [6.45, 7) is 2.34. The van der Waals surface area contributed by atoms with E-state index in [1.54, 1.807) is 7.05 Å². The first-order valence-corrected chi connectivity index (χ1v) is 6.26. The van der Waals surface area contributed by atoms with Crippen LogP contribution in [-0.4, -0.2) is 21.6 Å². The summed E-state index contributed by atoms with van der Waals surface area (Å²) in [6, 6.07) is 1.53. The van der Waals surface area contributed by atoms with Gasteiger partial charge in [0.25, 0.3) is 11.5 Å². The van der Waals surface area contributed by atoms with Gasteiger partial charge in [-0.1, -0.05) is 0 Å². The maximum Gasteiger partial charge on any atom is 0.331 e. The molecule has 0 aromatic carbocycles. The summed E-state index contributed by atoms with van der Waals surface area (Å²) < 4.78 is 2.42. The third kappa shape index (κ3) is 1.76. The number of carbonyl (C=O) groups is 1. The topological polar surface area (TPSA) is 73.1 Å². The van der Waals surface area contributed by atoms with Crippen molar-refractivity contribution in [2.75, 3.05) is 6.54 Å². The predicted molar refractivity (Wildman–Crippen MR) is 70.3 cm³/mol. The predicted octanol–water partition coefficient (Wildman–Crippen LogP) is 0.0484. The standard InChI is InChI=1S/C11H13N3O3S/c1-4-12-8(15)7-5-6-9(16)13(2)11(17)14(3)10(6)18-7/h5H,4H2,1-3H3,(H,12,15). The summed E-state index contributed by atoms with van der Waals surface area (Å²) in [5.41, 5.74) is -0.767. The molecule has 0 spiro atoms. The molecule has 0 aliphatic heterocycles. The molecule has 0 fully saturated rings. The SMILES string of the molecule is CCNC(=O)c1cc2c(=O)n(C)c(=O)n(C)c2s1. The number of carbonyl (C=O) groups excluding carboxylic acids is 1. The molecular weight excluding hydrogens is 254 g/mol. The van der Waals surface area contributed by atoms with Crippen LogP contribution < -0.4 is 16.6 Å². The highest BCUT2D eigenvalue weighted by Crippen LogP contribution is 2.21. The molecule has 0 unspecified atom stereocenters. The lowest BCUT2D eigenvalue weighted by Crippen LogP contribution is -2.36. The van der Waals surface area contributed by atoms with Gasteiger partial charge in [-0.25, -0.2) is 4.79 Å². The third-order valence-corrected chi connectivity index (χ3v) is 3.90. The van der Waals surface area contributed by atoms with E-state index in [-0.39, 0.29) is 11.5 Å². The van der Waals surface area contributed by atoms with Crippen molar-refractivity contribution in [2.24, 2.45) is 14.1 Å². The lowest BCUT2D eigenvalue weighted by atomic mass is 10.3. The van der Waals surface area contributed by atoms with Crippen molar-refractivity contribution in [3.05, 3.63) is 31.8 Å². The van der Waals surface area contributed by atoms with Crippen LogP contribution in [0, 0.1) is 0 Å². The van der Waals surface area contributed by atoms with Gasteiger partial charge in [-0.15, -0.1) is 11.3 Å². The zero-order chi connectivity index (χ0) is 13.4. The zero-order valence-corrected chi connectivity index (χ0v) is 11.1. The minimum atomic E-state index is -0.392. The van der Waals surface area contributed by atoms with Gasteiger partial charge in [-0.2, -0.15) is 0 Å². The average Bonchev–Trinajstić information content (AvgIpc) is 2.79. The number of aryl methyl sites for hydroxylation is 1. The van der Waals surface area contributed by atoms with Crippen LogP contribution in [-0.2, 0) is 14.1 Å². The molecule has 18 heavy (non-hydrogen) atoms. The number of thiophene rings is 1. The van der Waals surface area contributed by atoms with Gasteiger partial charge in [0.2, 0.25) is 0 Å². The van der Waals surface area contributed by atoms with Crippen molar-refractivity contribution in [3.63, 3.8) is 0 Å². The van der Waals surface area contributed by atoms with E-state index in [0.717, 1.165) is 15.9 Å². The monoisotopic (exact) mass is 267 g/mol. The van der Waals surface area contributed by atoms with Crippen molar-refractivity contribution < 1.29 is 4.79 Å². The van der Waals surface area contributed by atoms with Gasteiger partial charge in [0.05, 0.1) is 10.3 Å². The first kappa shape index (κ1) is 12.6. The lowest BCUT2D eigenvalue weighted by Gasteiger charge is -2.01. The number of nitrogens with one attached hydrogen (secondary N) is 1. The fourth-order valence-corrected chi connectivity index (χ4v) is 2.74. The van der Waals surface area contributed by atoms with Crippen LogP contribution >= 0.6 is 11.3 Å². The number of aromatic nitrogens is 2. The van der Waals surface area contributed by atoms with Crippen LogP contribution in [0.2, 0.25) is 0 Å². The molecule has 0 saturated carbocycles. The number of amides is 1. The molecular formula is C11H13N3O3S. The van der Waals surface area contributed by atoms with E-state index in [1.165, 1.54) is 17.7 Å². The van der Waals surface area contributed by atoms with E-state index in [2.05, 4.69) is 5.32 Å². The highest BCUT2D eigenvalue weighted by Gasteiger charge is 2.15. The first-order chi connectivity index (χ1) is 8.47. The molecule has 2 aromatic heterocycles. The number of hydrogen-bond acceptors (Lipinski definition) is 4. The molecule has 2 rings (SSSR count). The molecule has 0 radical (unpaired) electrons. The quantitative estimate of drug-likeness (QED) is 0.835. The van der Waals surface area contributed by atoms with Gasteiger partial charge in [0, 0.05) is 20.6 Å². The van der Waals surface area contributed by atoms with Gasteiger partial charge in [0.15, 0.2) is 0 Å². The largest absolute Gasteiger partial charge is 0.352 e. The molecule has 7 heteroatoms. The Balaban J connectivity index is 2.77. The molecule has 2 heterocycles. The van der Waals surface area contributed by atoms with E-state index in [4.69, 9.17) is 0 Å². The van der Waals surface area contributed by atoms with Crippen LogP contribution in [0.5, 0.6) is 0 Å². The summed E-state index contributed by atoms with van der Waals surface area (Å²) in [7, 11) is 3.01. The number of nitrogens with zero attached hydrogens (tertiary/aromatic N) is 2. The maximum atomic E-state index is 11.9. The Kier molecular flexibility index (Phi) is 3.08. The Hall–Kier alpha value is -1.89. The van der Waals surface area contributed by atoms with E-state index in [1.807, 2.05) is 6.92 Å². The number of rotatable bonds is 2. The van der Waals surface area contributed by atoms with E-state index in [0.29, 0.717) is 21.6 Å². The smallest absolute Gasteiger partial charge is 0.331 e. The molecule has 0 atom stereocenters. The van der Waals surface area contributed by atoms with Crippen molar-refractivity contribution in [1.82, 2.24) is 14.5 Å². The number of hydrogen-bond donors (Lipinski definition) is 1. The van der Waals surface area contributed by atoms with Crippen LogP contribution in [0.4, 0.5) is 0 Å². The fourth-order valence-electron chi connectivity index (χ4n) is 1.72. The van der Waals surface area contributed by atoms with Gasteiger partial charge in [-0.3, -0.25) is 18.7 Å². The third-order valence-electron chi connectivity index (χ3n) is 2.69. The molecule has 2 aromatic rings. The molecule has 0 aliphatic rings. The van der Waals surface area contributed by atoms with Gasteiger partial charge in [-0.05, 0) is 13.0 Å². The van der Waals surface area contributed by atoms with Gasteiger partial charge in [0.1, 0.15) is 4.83 Å². The fraction of sp³-hybridized carbons (Fsp3) is 0.364. The van der Waals surface area contributed by atoms with Crippen molar-refractivity contribution in [3.8, 4) is 0 Å². The minimum absolute atomic E-state index is 0.229. The maximum absolute atomic E-state index is 11.9. The van der Waals surface area contributed by atoms with Crippen molar-refractivity contribution in [1.29, 1.82) is 0 Å². The highest BCUT2D eigenvalue weighted by atomic mass is 32.1. The highest BCUT2D eigenvalue weighted by molar-refractivity contribution is 7.20.